The van der Waals surface area contributed by atoms with Crippen molar-refractivity contribution in [1.82, 2.24) is 0 Å². The molecule has 4 heteroatoms. The van der Waals surface area contributed by atoms with Crippen LogP contribution in [0.1, 0.15) is 38.2 Å². The largest absolute Gasteiger partial charge is 0.466 e. The molecule has 1 aromatic carbocycles. The molecule has 1 aliphatic carbocycles. The predicted molar refractivity (Wildman–Crippen MR) is 79.1 cm³/mol. The van der Waals surface area contributed by atoms with Crippen LogP contribution in [-0.2, 0) is 9.53 Å². The third-order valence-corrected chi connectivity index (χ3v) is 4.02. The summed E-state index contributed by atoms with van der Waals surface area (Å²) < 4.78 is 15.8. The fraction of sp³-hybridized carbons (Fsp3) is 0.471. The van der Waals surface area contributed by atoms with Crippen molar-refractivity contribution >= 4 is 11.5 Å². The van der Waals surface area contributed by atoms with E-state index in [1.54, 1.807) is 0 Å². The summed E-state index contributed by atoms with van der Waals surface area (Å²) in [6.07, 6.45) is 5.72. The number of allylic oxidation sites excluding steroid dienone is 2. The molecule has 3 rings (SSSR count). The van der Waals surface area contributed by atoms with Crippen molar-refractivity contribution in [1.29, 1.82) is 0 Å². The standard InChI is InChI=1S/C17H20O4/c1-2-19-17(18)9-12-3-5-13(6-4-12)14-7-8-15-16(10-14)21-11-20-15/h5,7-8,10,12H,2-4,6,9,11H2,1H3. The predicted octanol–water partition coefficient (Wildman–Crippen LogP) is 3.55. The van der Waals surface area contributed by atoms with E-state index in [9.17, 15) is 4.79 Å². The molecule has 4 nitrogen and oxygen atoms in total. The average molecular weight is 288 g/mol. The fourth-order valence-corrected chi connectivity index (χ4v) is 2.89. The van der Waals surface area contributed by atoms with Crippen LogP contribution in [0, 0.1) is 5.92 Å². The zero-order chi connectivity index (χ0) is 14.7. The molecule has 1 aliphatic heterocycles. The van der Waals surface area contributed by atoms with E-state index < -0.39 is 0 Å². The summed E-state index contributed by atoms with van der Waals surface area (Å²) in [5.74, 6) is 1.96. The molecule has 21 heavy (non-hydrogen) atoms. The Morgan fingerprint density at radius 3 is 2.95 bits per heavy atom. The van der Waals surface area contributed by atoms with Gasteiger partial charge in [0, 0.05) is 6.42 Å². The molecule has 1 heterocycles. The molecule has 0 amide bonds. The first-order valence-corrected chi connectivity index (χ1v) is 7.51. The zero-order valence-corrected chi connectivity index (χ0v) is 12.3. The lowest BCUT2D eigenvalue weighted by Crippen LogP contribution is -2.13. The van der Waals surface area contributed by atoms with Crippen LogP contribution in [-0.4, -0.2) is 19.4 Å². The van der Waals surface area contributed by atoms with Gasteiger partial charge in [0.25, 0.3) is 0 Å². The van der Waals surface area contributed by atoms with Gasteiger partial charge < -0.3 is 14.2 Å². The summed E-state index contributed by atoms with van der Waals surface area (Å²) in [5, 5.41) is 0. The Balaban J connectivity index is 1.63. The lowest BCUT2D eigenvalue weighted by Gasteiger charge is -2.21. The van der Waals surface area contributed by atoms with Gasteiger partial charge in [0.15, 0.2) is 11.5 Å². The van der Waals surface area contributed by atoms with Gasteiger partial charge in [0.05, 0.1) is 6.61 Å². The van der Waals surface area contributed by atoms with E-state index >= 15 is 0 Å². The summed E-state index contributed by atoms with van der Waals surface area (Å²) in [6.45, 7) is 2.61. The minimum atomic E-state index is -0.0811. The van der Waals surface area contributed by atoms with Gasteiger partial charge >= 0.3 is 5.97 Å². The lowest BCUT2D eigenvalue weighted by molar-refractivity contribution is -0.144. The van der Waals surface area contributed by atoms with Crippen molar-refractivity contribution in [3.05, 3.63) is 29.8 Å². The molecule has 0 bridgehead atoms. The number of carbonyl (C=O) groups is 1. The van der Waals surface area contributed by atoms with Crippen molar-refractivity contribution in [2.24, 2.45) is 5.92 Å². The summed E-state index contributed by atoms with van der Waals surface area (Å²) in [7, 11) is 0. The Labute approximate surface area is 124 Å². The third-order valence-electron chi connectivity index (χ3n) is 4.02. The molecule has 0 fully saturated rings. The van der Waals surface area contributed by atoms with E-state index in [2.05, 4.69) is 12.1 Å². The highest BCUT2D eigenvalue weighted by Gasteiger charge is 2.20. The molecular weight excluding hydrogens is 268 g/mol. The molecule has 0 aromatic heterocycles. The molecule has 1 unspecified atom stereocenters. The van der Waals surface area contributed by atoms with Crippen molar-refractivity contribution in [3.8, 4) is 11.5 Å². The number of benzene rings is 1. The van der Waals surface area contributed by atoms with Crippen LogP contribution < -0.4 is 9.47 Å². The minimum absolute atomic E-state index is 0.0811. The van der Waals surface area contributed by atoms with Crippen molar-refractivity contribution < 1.29 is 19.0 Å². The summed E-state index contributed by atoms with van der Waals surface area (Å²) in [4.78, 5) is 11.5. The van der Waals surface area contributed by atoms with E-state index in [4.69, 9.17) is 14.2 Å². The highest BCUT2D eigenvalue weighted by Crippen LogP contribution is 2.38. The first-order valence-electron chi connectivity index (χ1n) is 7.51. The van der Waals surface area contributed by atoms with Crippen LogP contribution in [0.25, 0.3) is 5.57 Å². The van der Waals surface area contributed by atoms with Gasteiger partial charge in [-0.2, -0.15) is 0 Å². The molecule has 112 valence electrons. The van der Waals surface area contributed by atoms with Crippen LogP contribution >= 0.6 is 0 Å². The number of ether oxygens (including phenoxy) is 3. The van der Waals surface area contributed by atoms with Crippen LogP contribution in [0.4, 0.5) is 0 Å². The van der Waals surface area contributed by atoms with E-state index in [0.717, 1.165) is 30.8 Å². The number of hydrogen-bond donors (Lipinski definition) is 0. The Hall–Kier alpha value is -1.97. The van der Waals surface area contributed by atoms with E-state index in [1.165, 1.54) is 11.1 Å². The first kappa shape index (κ1) is 14.0. The van der Waals surface area contributed by atoms with Crippen molar-refractivity contribution in [3.63, 3.8) is 0 Å². The molecular formula is C17H20O4. The highest BCUT2D eigenvalue weighted by molar-refractivity contribution is 5.71. The normalized spacial score (nSPS) is 20.0. The highest BCUT2D eigenvalue weighted by atomic mass is 16.7. The fourth-order valence-electron chi connectivity index (χ4n) is 2.89. The Morgan fingerprint density at radius 1 is 1.33 bits per heavy atom. The molecule has 2 aliphatic rings. The first-order chi connectivity index (χ1) is 10.3. The van der Waals surface area contributed by atoms with Gasteiger partial charge in [-0.1, -0.05) is 12.1 Å². The molecule has 0 spiro atoms. The molecule has 0 radical (unpaired) electrons. The average Bonchev–Trinajstić information content (AvgIpc) is 2.95. The van der Waals surface area contributed by atoms with Crippen molar-refractivity contribution in [2.75, 3.05) is 13.4 Å². The maximum absolute atomic E-state index is 11.5. The lowest BCUT2D eigenvalue weighted by atomic mass is 9.85. The third kappa shape index (κ3) is 3.20. The number of fused-ring (bicyclic) bond motifs is 1. The van der Waals surface area contributed by atoms with Crippen molar-refractivity contribution in [2.45, 2.75) is 32.6 Å². The number of rotatable bonds is 4. The quantitative estimate of drug-likeness (QED) is 0.795. The maximum atomic E-state index is 11.5. The van der Waals surface area contributed by atoms with Crippen LogP contribution in [0.15, 0.2) is 24.3 Å². The number of esters is 1. The Morgan fingerprint density at radius 2 is 2.19 bits per heavy atom. The molecule has 1 aromatic rings. The van der Waals surface area contributed by atoms with Crippen LogP contribution in [0.2, 0.25) is 0 Å². The van der Waals surface area contributed by atoms with Gasteiger partial charge in [-0.05, 0) is 55.4 Å². The second-order valence-electron chi connectivity index (χ2n) is 5.45. The van der Waals surface area contributed by atoms with Gasteiger partial charge in [-0.15, -0.1) is 0 Å². The molecule has 0 saturated carbocycles. The number of carbonyl (C=O) groups excluding carboxylic acids is 1. The van der Waals surface area contributed by atoms with E-state index in [-0.39, 0.29) is 5.97 Å². The SMILES string of the molecule is CCOC(=O)CC1CC=C(c2ccc3c(c2)OCO3)CC1. The van der Waals surface area contributed by atoms with Gasteiger partial charge in [0.1, 0.15) is 0 Å². The minimum Gasteiger partial charge on any atom is -0.466 e. The molecule has 0 N–H and O–H groups in total. The summed E-state index contributed by atoms with van der Waals surface area (Å²) >= 11 is 0. The maximum Gasteiger partial charge on any atom is 0.306 e. The molecule has 0 saturated heterocycles. The van der Waals surface area contributed by atoms with E-state index in [1.807, 2.05) is 19.1 Å². The number of hydrogen-bond acceptors (Lipinski definition) is 4. The summed E-state index contributed by atoms with van der Waals surface area (Å²) in [6, 6.07) is 6.08. The zero-order valence-electron chi connectivity index (χ0n) is 12.3. The van der Waals surface area contributed by atoms with Crippen LogP contribution in [0.5, 0.6) is 11.5 Å². The topological polar surface area (TPSA) is 44.8 Å². The van der Waals surface area contributed by atoms with Gasteiger partial charge in [-0.3, -0.25) is 4.79 Å². The van der Waals surface area contributed by atoms with Gasteiger partial charge in [0.2, 0.25) is 6.79 Å². The second-order valence-corrected chi connectivity index (χ2v) is 5.45. The van der Waals surface area contributed by atoms with E-state index in [0.29, 0.717) is 25.7 Å². The smallest absolute Gasteiger partial charge is 0.306 e. The van der Waals surface area contributed by atoms with Crippen LogP contribution in [0.3, 0.4) is 0 Å². The summed E-state index contributed by atoms with van der Waals surface area (Å²) in [5.41, 5.74) is 2.52. The second kappa shape index (κ2) is 6.20. The molecule has 1 atom stereocenters. The monoisotopic (exact) mass is 288 g/mol. The Kier molecular flexibility index (Phi) is 4.13. The van der Waals surface area contributed by atoms with Gasteiger partial charge in [-0.25, -0.2) is 0 Å². The Bertz CT molecular complexity index is 562.